The molecule has 0 N–H and O–H groups in total. The zero-order valence-electron chi connectivity index (χ0n) is 15.0. The Morgan fingerprint density at radius 3 is 2.72 bits per heavy atom. The Balaban J connectivity index is 1.44. The van der Waals surface area contributed by atoms with Crippen LogP contribution in [-0.2, 0) is 11.4 Å². The smallest absolute Gasteiger partial charge is 0.149 e. The summed E-state index contributed by atoms with van der Waals surface area (Å²) in [6.07, 6.45) is 4.06. The van der Waals surface area contributed by atoms with E-state index < -0.39 is 0 Å². The Morgan fingerprint density at radius 1 is 1.20 bits per heavy atom. The van der Waals surface area contributed by atoms with E-state index in [4.69, 9.17) is 4.84 Å². The predicted octanol–water partition coefficient (Wildman–Crippen LogP) is 3.14. The van der Waals surface area contributed by atoms with Gasteiger partial charge in [-0.1, -0.05) is 48.8 Å². The highest BCUT2D eigenvalue weighted by atomic mass is 16.6. The number of fused-ring (bicyclic) bond motifs is 1. The van der Waals surface area contributed by atoms with Gasteiger partial charge in [-0.3, -0.25) is 4.90 Å². The molecule has 0 saturated carbocycles. The first-order chi connectivity index (χ1) is 12.1. The van der Waals surface area contributed by atoms with Crippen LogP contribution in [0.4, 0.5) is 0 Å². The molecule has 1 aromatic heterocycles. The molecule has 3 heterocycles. The maximum Gasteiger partial charge on any atom is 0.149 e. The summed E-state index contributed by atoms with van der Waals surface area (Å²) in [5, 5.41) is 4.37. The summed E-state index contributed by atoms with van der Waals surface area (Å²) < 4.78 is 0. The van der Waals surface area contributed by atoms with Gasteiger partial charge in [-0.05, 0) is 6.92 Å². The number of rotatable bonds is 4. The molecule has 2 aliphatic rings. The van der Waals surface area contributed by atoms with Crippen molar-refractivity contribution < 1.29 is 4.84 Å². The molecule has 0 unspecified atom stereocenters. The van der Waals surface area contributed by atoms with Crippen molar-refractivity contribution in [1.29, 1.82) is 0 Å². The van der Waals surface area contributed by atoms with Gasteiger partial charge in [0.1, 0.15) is 11.9 Å². The summed E-state index contributed by atoms with van der Waals surface area (Å²) in [7, 11) is 0. The maximum atomic E-state index is 5.72. The lowest BCUT2D eigenvalue weighted by Crippen LogP contribution is -2.23. The van der Waals surface area contributed by atoms with Gasteiger partial charge in [-0.25, -0.2) is 9.97 Å². The van der Waals surface area contributed by atoms with Gasteiger partial charge in [0.05, 0.1) is 11.6 Å². The average Bonchev–Trinajstić information content (AvgIpc) is 3.15. The molecule has 1 aromatic carbocycles. The van der Waals surface area contributed by atoms with Crippen molar-refractivity contribution >= 4 is 5.71 Å². The lowest BCUT2D eigenvalue weighted by atomic mass is 9.94. The van der Waals surface area contributed by atoms with Gasteiger partial charge in [-0.15, -0.1) is 0 Å². The van der Waals surface area contributed by atoms with Crippen molar-refractivity contribution in [2.75, 3.05) is 13.1 Å². The molecule has 1 fully saturated rings. The molecule has 5 nitrogen and oxygen atoms in total. The van der Waals surface area contributed by atoms with Crippen molar-refractivity contribution in [2.24, 2.45) is 11.1 Å². The monoisotopic (exact) mass is 336 g/mol. The van der Waals surface area contributed by atoms with E-state index in [1.54, 1.807) is 0 Å². The minimum absolute atomic E-state index is 0.159. The molecule has 4 rings (SSSR count). The van der Waals surface area contributed by atoms with Crippen LogP contribution in [0.1, 0.15) is 42.3 Å². The Morgan fingerprint density at radius 2 is 2.00 bits per heavy atom. The second-order valence-electron chi connectivity index (χ2n) is 7.39. The zero-order chi connectivity index (χ0) is 17.4. The van der Waals surface area contributed by atoms with Crippen LogP contribution in [0.5, 0.6) is 0 Å². The molecule has 0 radical (unpaired) electrons. The lowest BCUT2D eigenvalue weighted by molar-refractivity contribution is 0.0745. The second kappa shape index (κ2) is 6.56. The molecular weight excluding hydrogens is 312 g/mol. The van der Waals surface area contributed by atoms with Gasteiger partial charge in [0, 0.05) is 49.1 Å². The van der Waals surface area contributed by atoms with Crippen LogP contribution in [0, 0.1) is 12.8 Å². The van der Waals surface area contributed by atoms with Gasteiger partial charge in [0.15, 0.2) is 0 Å². The normalized spacial score (nSPS) is 22.8. The molecule has 0 aliphatic carbocycles. The molecule has 130 valence electrons. The van der Waals surface area contributed by atoms with Crippen molar-refractivity contribution in [3.63, 3.8) is 0 Å². The number of benzene rings is 1. The van der Waals surface area contributed by atoms with Crippen molar-refractivity contribution in [1.82, 2.24) is 14.9 Å². The fourth-order valence-electron chi connectivity index (χ4n) is 3.62. The summed E-state index contributed by atoms with van der Waals surface area (Å²) in [5.41, 5.74) is 4.67. The summed E-state index contributed by atoms with van der Waals surface area (Å²) >= 11 is 0. The molecule has 0 spiro atoms. The van der Waals surface area contributed by atoms with Crippen LogP contribution in [0.2, 0.25) is 0 Å². The molecule has 0 amide bonds. The first-order valence-electron chi connectivity index (χ1n) is 8.94. The SMILES string of the molecule is Cc1cccc(C2=NO[C@@H]3CN(Cc4cnc(C(C)C)nc4)C[C@H]23)c1. The molecular formula is C20H24N4O. The van der Waals surface area contributed by atoms with Crippen LogP contribution in [0.15, 0.2) is 41.8 Å². The first-order valence-corrected chi connectivity index (χ1v) is 8.94. The van der Waals surface area contributed by atoms with Gasteiger partial charge < -0.3 is 4.84 Å². The standard InChI is InChI=1S/C20H24N4O/c1-13(2)20-21-8-15(9-22-20)10-24-11-17-18(12-24)25-23-19(17)16-6-4-5-14(3)7-16/h4-9,13,17-18H,10-12H2,1-3H3/t17-,18+/m0/s1. The molecule has 2 aliphatic heterocycles. The minimum Gasteiger partial charge on any atom is -0.390 e. The third-order valence-electron chi connectivity index (χ3n) is 4.94. The summed E-state index contributed by atoms with van der Waals surface area (Å²) in [5.74, 6) is 1.61. The van der Waals surface area contributed by atoms with E-state index in [-0.39, 0.29) is 6.10 Å². The number of oxime groups is 1. The topological polar surface area (TPSA) is 50.6 Å². The van der Waals surface area contributed by atoms with E-state index in [1.165, 1.54) is 11.1 Å². The van der Waals surface area contributed by atoms with Crippen LogP contribution < -0.4 is 0 Å². The van der Waals surface area contributed by atoms with Crippen LogP contribution in [0.25, 0.3) is 0 Å². The fourth-order valence-corrected chi connectivity index (χ4v) is 3.62. The number of hydrogen-bond acceptors (Lipinski definition) is 5. The highest BCUT2D eigenvalue weighted by Crippen LogP contribution is 2.31. The van der Waals surface area contributed by atoms with Crippen LogP contribution >= 0.6 is 0 Å². The van der Waals surface area contributed by atoms with E-state index in [0.717, 1.165) is 36.7 Å². The van der Waals surface area contributed by atoms with Gasteiger partial charge >= 0.3 is 0 Å². The molecule has 1 saturated heterocycles. The molecule has 2 atom stereocenters. The molecule has 2 aromatic rings. The van der Waals surface area contributed by atoms with E-state index in [9.17, 15) is 0 Å². The number of likely N-dealkylation sites (tertiary alicyclic amines) is 1. The number of nitrogens with zero attached hydrogens (tertiary/aromatic N) is 4. The van der Waals surface area contributed by atoms with Crippen LogP contribution in [0.3, 0.4) is 0 Å². The van der Waals surface area contributed by atoms with Crippen molar-refractivity contribution in [3.8, 4) is 0 Å². The maximum absolute atomic E-state index is 5.72. The van der Waals surface area contributed by atoms with Crippen LogP contribution in [-0.4, -0.2) is 39.8 Å². The highest BCUT2D eigenvalue weighted by Gasteiger charge is 2.42. The van der Waals surface area contributed by atoms with E-state index in [2.05, 4.69) is 65.1 Å². The molecule has 0 bridgehead atoms. The van der Waals surface area contributed by atoms with Gasteiger partial charge in [0.25, 0.3) is 0 Å². The van der Waals surface area contributed by atoms with Gasteiger partial charge in [0.2, 0.25) is 0 Å². The Hall–Kier alpha value is -2.27. The Kier molecular flexibility index (Phi) is 4.25. The quantitative estimate of drug-likeness (QED) is 0.861. The summed E-state index contributed by atoms with van der Waals surface area (Å²) in [6, 6.07) is 8.50. The average molecular weight is 336 g/mol. The van der Waals surface area contributed by atoms with Crippen molar-refractivity contribution in [3.05, 3.63) is 59.2 Å². The van der Waals surface area contributed by atoms with E-state index in [1.807, 2.05) is 12.4 Å². The second-order valence-corrected chi connectivity index (χ2v) is 7.39. The predicted molar refractivity (Wildman–Crippen MR) is 97.5 cm³/mol. The minimum atomic E-state index is 0.159. The largest absolute Gasteiger partial charge is 0.390 e. The zero-order valence-corrected chi connectivity index (χ0v) is 15.0. The number of hydrogen-bond donors (Lipinski definition) is 0. The lowest BCUT2D eigenvalue weighted by Gasteiger charge is -2.16. The summed E-state index contributed by atoms with van der Waals surface area (Å²) in [4.78, 5) is 17.1. The van der Waals surface area contributed by atoms with E-state index >= 15 is 0 Å². The number of aryl methyl sites for hydroxylation is 1. The Bertz CT molecular complexity index is 785. The summed E-state index contributed by atoms with van der Waals surface area (Å²) in [6.45, 7) is 9.05. The number of aromatic nitrogens is 2. The third-order valence-corrected chi connectivity index (χ3v) is 4.94. The molecule has 25 heavy (non-hydrogen) atoms. The molecule has 5 heteroatoms. The van der Waals surface area contributed by atoms with Gasteiger partial charge in [-0.2, -0.15) is 0 Å². The Labute approximate surface area is 148 Å². The fraction of sp³-hybridized carbons (Fsp3) is 0.450. The third kappa shape index (κ3) is 3.29. The van der Waals surface area contributed by atoms with E-state index in [0.29, 0.717) is 11.8 Å². The highest BCUT2D eigenvalue weighted by molar-refractivity contribution is 6.03. The first kappa shape index (κ1) is 16.2. The van der Waals surface area contributed by atoms with Crippen molar-refractivity contribution in [2.45, 2.75) is 39.3 Å².